The molecule has 28 heavy (non-hydrogen) atoms. The van der Waals surface area contributed by atoms with Gasteiger partial charge in [0.15, 0.2) is 5.58 Å². The number of benzene rings is 2. The van der Waals surface area contributed by atoms with Gasteiger partial charge in [-0.25, -0.2) is 0 Å². The van der Waals surface area contributed by atoms with Gasteiger partial charge < -0.3 is 4.42 Å². The summed E-state index contributed by atoms with van der Waals surface area (Å²) in [5, 5.41) is 3.10. The minimum atomic E-state index is -1.47. The molecule has 3 heterocycles. The zero-order valence-electron chi connectivity index (χ0n) is 18.2. The summed E-state index contributed by atoms with van der Waals surface area (Å²) >= 11 is 0. The van der Waals surface area contributed by atoms with Gasteiger partial charge in [-0.2, -0.15) is 0 Å². The van der Waals surface area contributed by atoms with Crippen LogP contribution in [0.25, 0.3) is 44.1 Å². The molecule has 0 aliphatic carbocycles. The Kier molecular flexibility index (Phi) is 3.26. The molecule has 0 unspecified atom stereocenters. The first-order valence-corrected chi connectivity index (χ1v) is 9.43. The van der Waals surface area contributed by atoms with Gasteiger partial charge in [0.1, 0.15) is 5.58 Å². The van der Waals surface area contributed by atoms with Crippen LogP contribution in [0.2, 0.25) is 0 Å². The second kappa shape index (κ2) is 6.16. The number of rotatable bonds is 2. The molecule has 0 bridgehead atoms. The van der Waals surface area contributed by atoms with Crippen molar-refractivity contribution in [2.24, 2.45) is 5.41 Å². The van der Waals surface area contributed by atoms with Gasteiger partial charge in [-0.1, -0.05) is 39.0 Å². The van der Waals surface area contributed by atoms with E-state index in [-0.39, 0.29) is 0 Å². The van der Waals surface area contributed by atoms with Crippen molar-refractivity contribution in [2.45, 2.75) is 27.1 Å². The fourth-order valence-electron chi connectivity index (χ4n) is 3.67. The monoisotopic (exact) mass is 368 g/mol. The Morgan fingerprint density at radius 2 is 1.79 bits per heavy atom. The fourth-order valence-corrected chi connectivity index (χ4v) is 3.67. The summed E-state index contributed by atoms with van der Waals surface area (Å²) in [7, 11) is 0. The van der Waals surface area contributed by atoms with E-state index in [1.165, 1.54) is 0 Å². The predicted octanol–water partition coefficient (Wildman–Crippen LogP) is 6.78. The van der Waals surface area contributed by atoms with Gasteiger partial charge in [0.2, 0.25) is 0 Å². The van der Waals surface area contributed by atoms with Crippen molar-refractivity contribution in [1.82, 2.24) is 9.97 Å². The molecule has 0 aliphatic heterocycles. The Labute approximate surface area is 166 Å². The van der Waals surface area contributed by atoms with Gasteiger partial charge >= 0.3 is 0 Å². The van der Waals surface area contributed by atoms with Crippen LogP contribution in [0.4, 0.5) is 0 Å². The second-order valence-electron chi connectivity index (χ2n) is 8.13. The molecule has 2 aromatic carbocycles. The molecule has 0 saturated heterocycles. The summed E-state index contributed by atoms with van der Waals surface area (Å²) < 4.78 is 23.2. The Balaban J connectivity index is 1.72. The maximum absolute atomic E-state index is 8.60. The topological polar surface area (TPSA) is 38.9 Å². The van der Waals surface area contributed by atoms with Gasteiger partial charge in [0.25, 0.3) is 0 Å². The van der Waals surface area contributed by atoms with Crippen LogP contribution < -0.4 is 0 Å². The van der Waals surface area contributed by atoms with Crippen molar-refractivity contribution < 1.29 is 7.16 Å². The van der Waals surface area contributed by atoms with Crippen molar-refractivity contribution in [1.29, 1.82) is 0 Å². The number of pyridine rings is 2. The number of fused-ring (bicyclic) bond motifs is 5. The van der Waals surface area contributed by atoms with E-state index in [0.29, 0.717) is 5.56 Å². The lowest BCUT2D eigenvalue weighted by atomic mass is 9.88. The molecule has 0 saturated carbocycles. The molecule has 5 aromatic rings. The first-order chi connectivity index (χ1) is 14.3. The lowest BCUT2D eigenvalue weighted by Gasteiger charge is -2.18. The highest BCUT2D eigenvalue weighted by Gasteiger charge is 2.14. The molecule has 0 radical (unpaired) electrons. The number of para-hydroxylation sites is 1. The van der Waals surface area contributed by atoms with Crippen molar-refractivity contribution in [3.63, 3.8) is 0 Å². The Bertz CT molecular complexity index is 1410. The first kappa shape index (κ1) is 14.8. The largest absolute Gasteiger partial charge is 0.454 e. The van der Waals surface area contributed by atoms with E-state index in [9.17, 15) is 0 Å². The molecule has 0 amide bonds. The highest BCUT2D eigenvalue weighted by Crippen LogP contribution is 2.35. The third kappa shape index (κ3) is 2.93. The third-order valence-corrected chi connectivity index (χ3v) is 4.78. The Hall–Kier alpha value is -3.20. The number of aromatic nitrogens is 2. The average Bonchev–Trinajstić information content (AvgIpc) is 3.11. The van der Waals surface area contributed by atoms with E-state index in [2.05, 4.69) is 22.1 Å². The van der Waals surface area contributed by atoms with E-state index < -0.39 is 11.8 Å². The Morgan fingerprint density at radius 3 is 2.64 bits per heavy atom. The second-order valence-corrected chi connectivity index (χ2v) is 8.13. The first-order valence-electron chi connectivity index (χ1n) is 10.4. The molecule has 0 spiro atoms. The van der Waals surface area contributed by atoms with Gasteiger partial charge in [-0.05, 0) is 53.7 Å². The standard InChI is InChI=1S/C25H22N2O/c1-25(2,3)14-16-10-11-26-21(12-16)17-8-9-22-19(13-17)24-18-6-4-5-7-20(18)27-15-23(24)28-22/h4-13,15H,14H2,1-3H3/i14D2. The quantitative estimate of drug-likeness (QED) is 0.344. The lowest BCUT2D eigenvalue weighted by molar-refractivity contribution is 0.411. The number of hydrogen-bond donors (Lipinski definition) is 0. The average molecular weight is 368 g/mol. The maximum Gasteiger partial charge on any atom is 0.154 e. The highest BCUT2D eigenvalue weighted by molar-refractivity contribution is 6.18. The van der Waals surface area contributed by atoms with Gasteiger partial charge in [-0.3, -0.25) is 9.97 Å². The van der Waals surface area contributed by atoms with E-state index in [4.69, 9.17) is 7.16 Å². The number of hydrogen-bond acceptors (Lipinski definition) is 3. The minimum Gasteiger partial charge on any atom is -0.454 e. The molecular weight excluding hydrogens is 344 g/mol. The summed E-state index contributed by atoms with van der Waals surface area (Å²) in [5.74, 6) is 0. The molecule has 3 aromatic heterocycles. The van der Waals surface area contributed by atoms with Crippen molar-refractivity contribution >= 4 is 32.8 Å². The van der Waals surface area contributed by atoms with E-state index in [1.807, 2.05) is 57.2 Å². The summed E-state index contributed by atoms with van der Waals surface area (Å²) in [5.41, 5.74) is 4.26. The zero-order chi connectivity index (χ0) is 21.1. The lowest BCUT2D eigenvalue weighted by Crippen LogP contribution is -2.09. The van der Waals surface area contributed by atoms with Gasteiger partial charge in [-0.15, -0.1) is 0 Å². The molecule has 5 rings (SSSR count). The smallest absolute Gasteiger partial charge is 0.154 e. The van der Waals surface area contributed by atoms with Crippen molar-refractivity contribution in [2.75, 3.05) is 0 Å². The van der Waals surface area contributed by atoms with E-state index >= 15 is 0 Å². The number of nitrogens with zero attached hydrogens (tertiary/aromatic N) is 2. The van der Waals surface area contributed by atoms with Crippen LogP contribution in [-0.2, 0) is 6.37 Å². The minimum absolute atomic E-state index is 0.526. The van der Waals surface area contributed by atoms with Crippen molar-refractivity contribution in [3.05, 3.63) is 72.6 Å². The zero-order valence-corrected chi connectivity index (χ0v) is 16.2. The summed E-state index contributed by atoms with van der Waals surface area (Å²) in [6, 6.07) is 17.7. The van der Waals surface area contributed by atoms with Gasteiger partial charge in [0.05, 0.1) is 17.4 Å². The highest BCUT2D eigenvalue weighted by atomic mass is 16.3. The molecule has 3 heteroatoms. The molecule has 0 atom stereocenters. The molecule has 3 nitrogen and oxygen atoms in total. The van der Waals surface area contributed by atoms with Crippen molar-refractivity contribution in [3.8, 4) is 11.3 Å². The normalized spacial score (nSPS) is 13.8. The third-order valence-electron chi connectivity index (χ3n) is 4.78. The fraction of sp³-hybridized carbons (Fsp3) is 0.200. The van der Waals surface area contributed by atoms with Crippen LogP contribution in [0.15, 0.2) is 71.4 Å². The van der Waals surface area contributed by atoms with E-state index in [0.717, 1.165) is 44.1 Å². The van der Waals surface area contributed by atoms with Crippen LogP contribution in [0.5, 0.6) is 0 Å². The SMILES string of the molecule is [2H]C([2H])(c1ccnc(-c2ccc3oc4cnc5ccccc5c4c3c2)c1)C(C)(C)C. The van der Waals surface area contributed by atoms with Crippen LogP contribution in [-0.4, -0.2) is 9.97 Å². The Morgan fingerprint density at radius 1 is 0.929 bits per heavy atom. The summed E-state index contributed by atoms with van der Waals surface area (Å²) in [4.78, 5) is 9.03. The summed E-state index contributed by atoms with van der Waals surface area (Å²) in [6.45, 7) is 5.74. The molecular formula is C25H22N2O. The molecule has 0 fully saturated rings. The van der Waals surface area contributed by atoms with Crippen LogP contribution in [0, 0.1) is 5.41 Å². The van der Waals surface area contributed by atoms with Crippen LogP contribution in [0.1, 0.15) is 29.1 Å². The van der Waals surface area contributed by atoms with E-state index in [1.54, 1.807) is 18.5 Å². The van der Waals surface area contributed by atoms with Crippen LogP contribution in [0.3, 0.4) is 0 Å². The molecule has 138 valence electrons. The number of furan rings is 1. The summed E-state index contributed by atoms with van der Waals surface area (Å²) in [6.07, 6.45) is 1.98. The predicted molar refractivity (Wildman–Crippen MR) is 115 cm³/mol. The molecule has 0 N–H and O–H groups in total. The van der Waals surface area contributed by atoms with Gasteiger partial charge in [0, 0.05) is 30.7 Å². The molecule has 0 aliphatic rings. The van der Waals surface area contributed by atoms with Crippen LogP contribution >= 0.6 is 0 Å². The maximum atomic E-state index is 8.60.